The van der Waals surface area contributed by atoms with Crippen LogP contribution < -0.4 is 5.32 Å². The second kappa shape index (κ2) is 5.74. The molecule has 1 N–H and O–H groups in total. The first-order valence-electron chi connectivity index (χ1n) is 8.12. The number of piperazine rings is 1. The first kappa shape index (κ1) is 15.3. The van der Waals surface area contributed by atoms with E-state index in [1.165, 1.54) is 0 Å². The fourth-order valence-electron chi connectivity index (χ4n) is 3.18. The van der Waals surface area contributed by atoms with Gasteiger partial charge in [-0.05, 0) is 37.5 Å². The number of hydrogen-bond donors (Lipinski definition) is 1. The molecule has 0 aromatic heterocycles. The second-order valence-corrected chi connectivity index (χ2v) is 6.53. The van der Waals surface area contributed by atoms with E-state index in [0.29, 0.717) is 31.2 Å². The van der Waals surface area contributed by atoms with Crippen LogP contribution in [0.15, 0.2) is 0 Å². The molecule has 20 heavy (non-hydrogen) atoms. The topological polar surface area (TPSA) is 49.4 Å². The summed E-state index contributed by atoms with van der Waals surface area (Å²) in [4.78, 5) is 27.4. The molecule has 2 unspecified atom stereocenters. The molecule has 2 rings (SSSR count). The fourth-order valence-corrected chi connectivity index (χ4v) is 3.18. The Morgan fingerprint density at radius 3 is 2.30 bits per heavy atom. The van der Waals surface area contributed by atoms with Gasteiger partial charge < -0.3 is 10.2 Å². The van der Waals surface area contributed by atoms with Crippen LogP contribution in [0.5, 0.6) is 0 Å². The van der Waals surface area contributed by atoms with Gasteiger partial charge in [0.2, 0.25) is 11.8 Å². The summed E-state index contributed by atoms with van der Waals surface area (Å²) >= 11 is 0. The number of carbonyl (C=O) groups is 2. The van der Waals surface area contributed by atoms with Crippen molar-refractivity contribution < 1.29 is 9.59 Å². The fraction of sp³-hybridized carbons (Fsp3) is 0.875. The first-order valence-corrected chi connectivity index (χ1v) is 8.12. The van der Waals surface area contributed by atoms with E-state index in [0.717, 1.165) is 19.3 Å². The van der Waals surface area contributed by atoms with E-state index < -0.39 is 5.54 Å². The number of amides is 2. The van der Waals surface area contributed by atoms with Crippen LogP contribution in [0.2, 0.25) is 0 Å². The van der Waals surface area contributed by atoms with Crippen molar-refractivity contribution in [2.45, 2.75) is 71.4 Å². The van der Waals surface area contributed by atoms with Gasteiger partial charge in [-0.15, -0.1) is 0 Å². The molecule has 0 aromatic rings. The lowest BCUT2D eigenvalue weighted by atomic mass is 9.85. The highest BCUT2D eigenvalue weighted by atomic mass is 16.2. The Labute approximate surface area is 122 Å². The maximum absolute atomic E-state index is 13.0. The third-order valence-electron chi connectivity index (χ3n) is 5.12. The number of hydrogen-bond acceptors (Lipinski definition) is 2. The molecule has 1 aliphatic heterocycles. The van der Waals surface area contributed by atoms with Gasteiger partial charge in [-0.3, -0.25) is 9.59 Å². The Balaban J connectivity index is 2.28. The third kappa shape index (κ3) is 2.57. The van der Waals surface area contributed by atoms with E-state index in [9.17, 15) is 9.59 Å². The normalized spacial score (nSPS) is 27.4. The van der Waals surface area contributed by atoms with Gasteiger partial charge in [-0.2, -0.15) is 0 Å². The minimum Gasteiger partial charge on any atom is -0.340 e. The Kier molecular flexibility index (Phi) is 4.40. The quantitative estimate of drug-likeness (QED) is 0.812. The average Bonchev–Trinajstić information content (AvgIpc) is 3.27. The molecular weight excluding hydrogens is 252 g/mol. The van der Waals surface area contributed by atoms with E-state index >= 15 is 0 Å². The molecule has 2 amide bonds. The molecular formula is C16H28N2O2. The lowest BCUT2D eigenvalue weighted by Gasteiger charge is -2.46. The monoisotopic (exact) mass is 280 g/mol. The molecule has 2 atom stereocenters. The predicted octanol–water partition coefficient (Wildman–Crippen LogP) is 2.33. The Morgan fingerprint density at radius 2 is 1.85 bits per heavy atom. The van der Waals surface area contributed by atoms with Crippen LogP contribution in [0.1, 0.15) is 59.8 Å². The maximum atomic E-state index is 13.0. The molecule has 1 saturated heterocycles. The zero-order chi connectivity index (χ0) is 14.9. The van der Waals surface area contributed by atoms with Gasteiger partial charge in [-0.25, -0.2) is 0 Å². The minimum atomic E-state index is -0.671. The second-order valence-electron chi connectivity index (χ2n) is 6.53. The lowest BCUT2D eigenvalue weighted by molar-refractivity contribution is -0.157. The Hall–Kier alpha value is -1.06. The lowest BCUT2D eigenvalue weighted by Crippen LogP contribution is -2.70. The van der Waals surface area contributed by atoms with Gasteiger partial charge in [0.1, 0.15) is 11.6 Å². The smallest absolute Gasteiger partial charge is 0.249 e. The highest BCUT2D eigenvalue weighted by Crippen LogP contribution is 2.39. The molecule has 2 fully saturated rings. The molecule has 114 valence electrons. The van der Waals surface area contributed by atoms with Crippen molar-refractivity contribution in [3.63, 3.8) is 0 Å². The van der Waals surface area contributed by atoms with Crippen molar-refractivity contribution in [1.29, 1.82) is 0 Å². The summed E-state index contributed by atoms with van der Waals surface area (Å²) in [5, 5.41) is 3.04. The minimum absolute atomic E-state index is 0.0686. The van der Waals surface area contributed by atoms with E-state index in [2.05, 4.69) is 19.2 Å². The van der Waals surface area contributed by atoms with Crippen LogP contribution in [-0.2, 0) is 9.59 Å². The summed E-state index contributed by atoms with van der Waals surface area (Å²) < 4.78 is 0. The number of rotatable bonds is 6. The molecule has 0 spiro atoms. The molecule has 1 saturated carbocycles. The van der Waals surface area contributed by atoms with Crippen LogP contribution in [0.4, 0.5) is 0 Å². The van der Waals surface area contributed by atoms with E-state index in [-0.39, 0.29) is 17.9 Å². The van der Waals surface area contributed by atoms with Crippen molar-refractivity contribution in [1.82, 2.24) is 10.2 Å². The van der Waals surface area contributed by atoms with E-state index in [4.69, 9.17) is 0 Å². The van der Waals surface area contributed by atoms with Gasteiger partial charge >= 0.3 is 0 Å². The van der Waals surface area contributed by atoms with Crippen molar-refractivity contribution in [2.75, 3.05) is 6.54 Å². The van der Waals surface area contributed by atoms with E-state index in [1.807, 2.05) is 18.7 Å². The zero-order valence-corrected chi connectivity index (χ0v) is 13.2. The number of carbonyl (C=O) groups excluding carboxylic acids is 2. The van der Waals surface area contributed by atoms with Crippen LogP contribution in [0.3, 0.4) is 0 Å². The van der Waals surface area contributed by atoms with Crippen molar-refractivity contribution in [3.05, 3.63) is 0 Å². The van der Waals surface area contributed by atoms with Crippen molar-refractivity contribution >= 4 is 11.8 Å². The standard InChI is InChI=1S/C16H28N2O2/c1-5-11(4)10-18-13(12-8-9-12)14(19)17-16(6-2,7-3)15(18)20/h11-13H,5-10H2,1-4H3,(H,17,19). The Bertz CT molecular complexity index is 386. The van der Waals surface area contributed by atoms with Crippen molar-refractivity contribution in [2.24, 2.45) is 11.8 Å². The largest absolute Gasteiger partial charge is 0.340 e. The molecule has 4 nitrogen and oxygen atoms in total. The predicted molar refractivity (Wildman–Crippen MR) is 79.1 cm³/mol. The van der Waals surface area contributed by atoms with Crippen LogP contribution >= 0.6 is 0 Å². The molecule has 0 radical (unpaired) electrons. The van der Waals surface area contributed by atoms with Gasteiger partial charge in [0.05, 0.1) is 0 Å². The maximum Gasteiger partial charge on any atom is 0.249 e. The van der Waals surface area contributed by atoms with E-state index in [1.54, 1.807) is 0 Å². The van der Waals surface area contributed by atoms with Gasteiger partial charge in [0, 0.05) is 6.54 Å². The van der Waals surface area contributed by atoms with Gasteiger partial charge in [-0.1, -0.05) is 34.1 Å². The highest BCUT2D eigenvalue weighted by molar-refractivity contribution is 6.00. The number of nitrogens with one attached hydrogen (secondary N) is 1. The molecule has 4 heteroatoms. The Morgan fingerprint density at radius 1 is 1.25 bits per heavy atom. The van der Waals surface area contributed by atoms with Crippen LogP contribution in [-0.4, -0.2) is 34.8 Å². The number of nitrogens with zero attached hydrogens (tertiary/aromatic N) is 1. The highest BCUT2D eigenvalue weighted by Gasteiger charge is 2.53. The summed E-state index contributed by atoms with van der Waals surface area (Å²) in [6.07, 6.45) is 4.53. The van der Waals surface area contributed by atoms with Gasteiger partial charge in [0.15, 0.2) is 0 Å². The summed E-state index contributed by atoms with van der Waals surface area (Å²) in [5.74, 6) is 1.03. The molecule has 0 aromatic carbocycles. The molecule has 2 aliphatic rings. The van der Waals surface area contributed by atoms with Crippen LogP contribution in [0, 0.1) is 11.8 Å². The molecule has 1 heterocycles. The summed E-state index contributed by atoms with van der Waals surface area (Å²) in [6.45, 7) is 8.98. The van der Waals surface area contributed by atoms with Crippen LogP contribution in [0.25, 0.3) is 0 Å². The summed E-state index contributed by atoms with van der Waals surface area (Å²) in [5.41, 5.74) is -0.671. The molecule has 1 aliphatic carbocycles. The van der Waals surface area contributed by atoms with Crippen molar-refractivity contribution in [3.8, 4) is 0 Å². The third-order valence-corrected chi connectivity index (χ3v) is 5.12. The van der Waals surface area contributed by atoms with Gasteiger partial charge in [0.25, 0.3) is 0 Å². The molecule has 0 bridgehead atoms. The zero-order valence-electron chi connectivity index (χ0n) is 13.2. The average molecular weight is 280 g/mol. The first-order chi connectivity index (χ1) is 9.49. The summed E-state index contributed by atoms with van der Waals surface area (Å²) in [7, 11) is 0. The SMILES string of the molecule is CCC(C)CN1C(=O)C(CC)(CC)NC(=O)C1C1CC1. The summed E-state index contributed by atoms with van der Waals surface area (Å²) in [6, 6.07) is -0.220.